The van der Waals surface area contributed by atoms with E-state index in [-0.39, 0.29) is 6.10 Å². The van der Waals surface area contributed by atoms with E-state index >= 15 is 0 Å². The molecule has 0 amide bonds. The minimum atomic E-state index is -0.0927. The normalized spacial score (nSPS) is 30.7. The highest BCUT2D eigenvalue weighted by atomic mass is 16.3. The maximum absolute atomic E-state index is 10.3. The van der Waals surface area contributed by atoms with Gasteiger partial charge < -0.3 is 5.11 Å². The van der Waals surface area contributed by atoms with Crippen LogP contribution in [0, 0.1) is 24.7 Å². The SMILES string of the molecule is Cc1cccc(CCC(O)CC2CC3CCC2C3)c1. The molecule has 0 aliphatic heterocycles. The lowest BCUT2D eigenvalue weighted by molar-refractivity contribution is 0.117. The average molecular weight is 258 g/mol. The number of aryl methyl sites for hydroxylation is 2. The Labute approximate surface area is 117 Å². The molecule has 1 aromatic rings. The third-order valence-corrected chi connectivity index (χ3v) is 5.31. The van der Waals surface area contributed by atoms with Crippen molar-refractivity contribution < 1.29 is 5.11 Å². The van der Waals surface area contributed by atoms with E-state index < -0.39 is 0 Å². The molecule has 104 valence electrons. The number of aliphatic hydroxyl groups is 1. The Morgan fingerprint density at radius 2 is 2.16 bits per heavy atom. The van der Waals surface area contributed by atoms with Crippen LogP contribution in [0.3, 0.4) is 0 Å². The fraction of sp³-hybridized carbons (Fsp3) is 0.667. The molecule has 0 radical (unpaired) electrons. The molecule has 3 rings (SSSR count). The van der Waals surface area contributed by atoms with Gasteiger partial charge in [0.2, 0.25) is 0 Å². The number of rotatable bonds is 5. The van der Waals surface area contributed by atoms with Crippen LogP contribution < -0.4 is 0 Å². The van der Waals surface area contributed by atoms with Crippen LogP contribution in [0.1, 0.15) is 49.7 Å². The molecule has 0 saturated heterocycles. The van der Waals surface area contributed by atoms with E-state index in [9.17, 15) is 5.11 Å². The van der Waals surface area contributed by atoms with Gasteiger partial charge in [-0.25, -0.2) is 0 Å². The van der Waals surface area contributed by atoms with Crippen LogP contribution in [0.25, 0.3) is 0 Å². The Hall–Kier alpha value is -0.820. The predicted octanol–water partition coefficient (Wildman–Crippen LogP) is 4.11. The summed E-state index contributed by atoms with van der Waals surface area (Å²) in [4.78, 5) is 0. The molecule has 1 aromatic carbocycles. The van der Waals surface area contributed by atoms with Crippen molar-refractivity contribution in [2.24, 2.45) is 17.8 Å². The van der Waals surface area contributed by atoms with Crippen LogP contribution in [-0.2, 0) is 6.42 Å². The van der Waals surface area contributed by atoms with Gasteiger partial charge in [-0.15, -0.1) is 0 Å². The van der Waals surface area contributed by atoms with Gasteiger partial charge >= 0.3 is 0 Å². The van der Waals surface area contributed by atoms with Crippen molar-refractivity contribution in [1.82, 2.24) is 0 Å². The van der Waals surface area contributed by atoms with Crippen LogP contribution in [-0.4, -0.2) is 11.2 Å². The summed E-state index contributed by atoms with van der Waals surface area (Å²) in [6.07, 6.45) is 8.64. The van der Waals surface area contributed by atoms with Crippen molar-refractivity contribution >= 4 is 0 Å². The Morgan fingerprint density at radius 3 is 2.84 bits per heavy atom. The molecule has 2 aliphatic rings. The van der Waals surface area contributed by atoms with Gasteiger partial charge in [-0.3, -0.25) is 0 Å². The van der Waals surface area contributed by atoms with Crippen molar-refractivity contribution in [2.75, 3.05) is 0 Å². The molecule has 19 heavy (non-hydrogen) atoms. The van der Waals surface area contributed by atoms with E-state index in [2.05, 4.69) is 31.2 Å². The standard InChI is InChI=1S/C18H26O/c1-13-3-2-4-14(9-13)6-8-18(19)12-17-11-15-5-7-16(17)10-15/h2-4,9,15-19H,5-8,10-12H2,1H3. The smallest absolute Gasteiger partial charge is 0.0546 e. The summed E-state index contributed by atoms with van der Waals surface area (Å²) in [6.45, 7) is 2.13. The number of fused-ring (bicyclic) bond motifs is 2. The van der Waals surface area contributed by atoms with Crippen LogP contribution in [0.2, 0.25) is 0 Å². The first-order valence-electron chi connectivity index (χ1n) is 7.94. The Balaban J connectivity index is 1.45. The first-order chi connectivity index (χ1) is 9.20. The van der Waals surface area contributed by atoms with Crippen LogP contribution >= 0.6 is 0 Å². The summed E-state index contributed by atoms with van der Waals surface area (Å²) in [5.41, 5.74) is 2.69. The van der Waals surface area contributed by atoms with Gasteiger partial charge in [0.05, 0.1) is 6.10 Å². The highest BCUT2D eigenvalue weighted by Gasteiger charge is 2.39. The lowest BCUT2D eigenvalue weighted by Crippen LogP contribution is -2.19. The summed E-state index contributed by atoms with van der Waals surface area (Å²) >= 11 is 0. The molecule has 0 aromatic heterocycles. The Bertz CT molecular complexity index is 425. The quantitative estimate of drug-likeness (QED) is 0.842. The van der Waals surface area contributed by atoms with Gasteiger partial charge in [-0.1, -0.05) is 36.2 Å². The fourth-order valence-electron chi connectivity index (χ4n) is 4.33. The van der Waals surface area contributed by atoms with Gasteiger partial charge in [0, 0.05) is 0 Å². The molecule has 1 N–H and O–H groups in total. The first kappa shape index (κ1) is 13.2. The first-order valence-corrected chi connectivity index (χ1v) is 7.94. The van der Waals surface area contributed by atoms with E-state index in [4.69, 9.17) is 0 Å². The summed E-state index contributed by atoms with van der Waals surface area (Å²) in [5.74, 6) is 2.77. The highest BCUT2D eigenvalue weighted by Crippen LogP contribution is 2.50. The van der Waals surface area contributed by atoms with Crippen molar-refractivity contribution in [3.63, 3.8) is 0 Å². The summed E-state index contributed by atoms with van der Waals surface area (Å²) in [5, 5.41) is 10.3. The average Bonchev–Trinajstić information content (AvgIpc) is 2.99. The van der Waals surface area contributed by atoms with Gasteiger partial charge in [0.1, 0.15) is 0 Å². The maximum Gasteiger partial charge on any atom is 0.0546 e. The fourth-order valence-corrected chi connectivity index (χ4v) is 4.33. The zero-order valence-electron chi connectivity index (χ0n) is 12.0. The molecule has 1 nitrogen and oxygen atoms in total. The second-order valence-electron chi connectivity index (χ2n) is 6.85. The van der Waals surface area contributed by atoms with Crippen LogP contribution in [0.4, 0.5) is 0 Å². The Morgan fingerprint density at radius 1 is 1.26 bits per heavy atom. The molecule has 4 atom stereocenters. The van der Waals surface area contributed by atoms with Crippen molar-refractivity contribution in [1.29, 1.82) is 0 Å². The van der Waals surface area contributed by atoms with E-state index in [0.29, 0.717) is 0 Å². The molecular weight excluding hydrogens is 232 g/mol. The number of hydrogen-bond acceptors (Lipinski definition) is 1. The van der Waals surface area contributed by atoms with Gasteiger partial charge in [-0.2, -0.15) is 0 Å². The zero-order chi connectivity index (χ0) is 13.2. The topological polar surface area (TPSA) is 20.2 Å². The van der Waals surface area contributed by atoms with Gasteiger partial charge in [0.15, 0.2) is 0 Å². The van der Waals surface area contributed by atoms with Crippen molar-refractivity contribution in [2.45, 2.75) is 58.0 Å². The van der Waals surface area contributed by atoms with E-state index in [0.717, 1.165) is 37.0 Å². The molecule has 1 heteroatoms. The van der Waals surface area contributed by atoms with E-state index in [1.165, 1.54) is 36.8 Å². The largest absolute Gasteiger partial charge is 0.393 e. The van der Waals surface area contributed by atoms with Crippen molar-refractivity contribution in [3.05, 3.63) is 35.4 Å². The minimum Gasteiger partial charge on any atom is -0.393 e. The van der Waals surface area contributed by atoms with E-state index in [1.54, 1.807) is 0 Å². The molecule has 2 bridgehead atoms. The second-order valence-corrected chi connectivity index (χ2v) is 6.85. The monoisotopic (exact) mass is 258 g/mol. The highest BCUT2D eigenvalue weighted by molar-refractivity contribution is 5.22. The predicted molar refractivity (Wildman–Crippen MR) is 79.1 cm³/mol. The number of aliphatic hydroxyl groups excluding tert-OH is 1. The molecule has 2 saturated carbocycles. The summed E-state index contributed by atoms with van der Waals surface area (Å²) in [7, 11) is 0. The minimum absolute atomic E-state index is 0.0927. The molecule has 0 spiro atoms. The third kappa shape index (κ3) is 3.20. The molecule has 2 fully saturated rings. The molecule has 2 aliphatic carbocycles. The lowest BCUT2D eigenvalue weighted by Gasteiger charge is -2.24. The molecule has 0 heterocycles. The second kappa shape index (κ2) is 5.66. The van der Waals surface area contributed by atoms with Gasteiger partial charge in [-0.05, 0) is 68.8 Å². The molecule has 4 unspecified atom stereocenters. The number of hydrogen-bond donors (Lipinski definition) is 1. The number of benzene rings is 1. The zero-order valence-corrected chi connectivity index (χ0v) is 12.0. The van der Waals surface area contributed by atoms with Crippen molar-refractivity contribution in [3.8, 4) is 0 Å². The van der Waals surface area contributed by atoms with Gasteiger partial charge in [0.25, 0.3) is 0 Å². The molecular formula is C18H26O. The van der Waals surface area contributed by atoms with Crippen LogP contribution in [0.5, 0.6) is 0 Å². The maximum atomic E-state index is 10.3. The van der Waals surface area contributed by atoms with Crippen LogP contribution in [0.15, 0.2) is 24.3 Å². The van der Waals surface area contributed by atoms with E-state index in [1.807, 2.05) is 0 Å². The summed E-state index contributed by atoms with van der Waals surface area (Å²) in [6, 6.07) is 8.67. The Kier molecular flexibility index (Phi) is 3.93. The summed E-state index contributed by atoms with van der Waals surface area (Å²) < 4.78 is 0. The lowest BCUT2D eigenvalue weighted by atomic mass is 9.84. The third-order valence-electron chi connectivity index (χ3n) is 5.31.